The predicted molar refractivity (Wildman–Crippen MR) is 151 cm³/mol. The number of Topliss-reactive ketones (excluding diaryl/α,β-unsaturated/α-hetero) is 1. The van der Waals surface area contributed by atoms with Crippen molar-refractivity contribution in [2.45, 2.75) is 31.9 Å². The van der Waals surface area contributed by atoms with Crippen LogP contribution in [-0.4, -0.2) is 31.4 Å². The fraction of sp³-hybridized carbons (Fsp3) is 0.212. The van der Waals surface area contributed by atoms with Crippen molar-refractivity contribution in [1.82, 2.24) is 5.32 Å². The average molecular weight is 524 g/mol. The Bertz CT molecular complexity index is 1320. The summed E-state index contributed by atoms with van der Waals surface area (Å²) in [4.78, 5) is 26.2. The Morgan fingerprint density at radius 3 is 2.10 bits per heavy atom. The molecule has 4 aromatic carbocycles. The molecule has 1 atom stereocenters. The molecule has 0 spiro atoms. The lowest BCUT2D eigenvalue weighted by Gasteiger charge is -2.19. The first kappa shape index (κ1) is 27.6. The molecule has 0 aliphatic heterocycles. The number of rotatable bonds is 14. The number of methoxy groups -OCH3 is 1. The molecule has 4 aromatic rings. The summed E-state index contributed by atoms with van der Waals surface area (Å²) < 4.78 is 17.1. The third-order valence-electron chi connectivity index (χ3n) is 6.21. The zero-order valence-electron chi connectivity index (χ0n) is 22.0. The van der Waals surface area contributed by atoms with Gasteiger partial charge < -0.3 is 19.5 Å². The molecule has 6 nitrogen and oxygen atoms in total. The van der Waals surface area contributed by atoms with Crippen molar-refractivity contribution in [3.63, 3.8) is 0 Å². The second-order valence-electron chi connectivity index (χ2n) is 9.13. The van der Waals surface area contributed by atoms with Gasteiger partial charge in [-0.25, -0.2) is 0 Å². The lowest BCUT2D eigenvalue weighted by atomic mass is 10.0. The van der Waals surface area contributed by atoms with Gasteiger partial charge in [-0.05, 0) is 53.4 Å². The monoisotopic (exact) mass is 523 g/mol. The number of carbonyl (C=O) groups excluding carboxylic acids is 2. The van der Waals surface area contributed by atoms with Gasteiger partial charge in [-0.2, -0.15) is 0 Å². The standard InChI is InChI=1S/C33H33NO5/c1-37-32-15-9-8-12-27(32)18-21-33(36)34-30(24-38-23-26-10-4-2-5-11-26)31(35)22-25-16-19-29(20-17-25)39-28-13-6-3-7-14-28/h2-17,19-20,30H,18,21-24H2,1H3,(H,34,36). The molecule has 0 aliphatic rings. The van der Waals surface area contributed by atoms with E-state index in [1.165, 1.54) is 0 Å². The van der Waals surface area contributed by atoms with Crippen molar-refractivity contribution in [2.24, 2.45) is 0 Å². The van der Waals surface area contributed by atoms with Gasteiger partial charge in [-0.15, -0.1) is 0 Å². The van der Waals surface area contributed by atoms with Gasteiger partial charge in [0.15, 0.2) is 5.78 Å². The third-order valence-corrected chi connectivity index (χ3v) is 6.21. The van der Waals surface area contributed by atoms with E-state index in [1.54, 1.807) is 7.11 Å². The number of aryl methyl sites for hydroxylation is 1. The smallest absolute Gasteiger partial charge is 0.220 e. The number of carbonyl (C=O) groups is 2. The van der Waals surface area contributed by atoms with Crippen molar-refractivity contribution < 1.29 is 23.8 Å². The van der Waals surface area contributed by atoms with E-state index in [9.17, 15) is 9.59 Å². The molecular formula is C33H33NO5. The van der Waals surface area contributed by atoms with Crippen LogP contribution in [0.2, 0.25) is 0 Å². The molecule has 0 bridgehead atoms. The maximum Gasteiger partial charge on any atom is 0.220 e. The van der Waals surface area contributed by atoms with Crippen LogP contribution in [0.1, 0.15) is 23.1 Å². The number of ether oxygens (including phenoxy) is 3. The van der Waals surface area contributed by atoms with E-state index in [0.717, 1.165) is 28.2 Å². The van der Waals surface area contributed by atoms with Crippen molar-refractivity contribution in [1.29, 1.82) is 0 Å². The molecule has 0 heterocycles. The summed E-state index contributed by atoms with van der Waals surface area (Å²) in [6.07, 6.45) is 0.899. The minimum Gasteiger partial charge on any atom is -0.496 e. The molecular weight excluding hydrogens is 490 g/mol. The quantitative estimate of drug-likeness (QED) is 0.222. The summed E-state index contributed by atoms with van der Waals surface area (Å²) in [5.74, 6) is 1.83. The van der Waals surface area contributed by atoms with E-state index < -0.39 is 6.04 Å². The summed E-state index contributed by atoms with van der Waals surface area (Å²) in [6, 6.07) is 33.5. The van der Waals surface area contributed by atoms with Crippen molar-refractivity contribution >= 4 is 11.7 Å². The molecule has 0 radical (unpaired) electrons. The van der Waals surface area contributed by atoms with Crippen LogP contribution in [0, 0.1) is 0 Å². The summed E-state index contributed by atoms with van der Waals surface area (Å²) >= 11 is 0. The Labute approximate surface area is 229 Å². The second-order valence-corrected chi connectivity index (χ2v) is 9.13. The van der Waals surface area contributed by atoms with E-state index in [0.29, 0.717) is 18.8 Å². The highest BCUT2D eigenvalue weighted by Crippen LogP contribution is 2.22. The van der Waals surface area contributed by atoms with E-state index >= 15 is 0 Å². The molecule has 200 valence electrons. The van der Waals surface area contributed by atoms with Crippen molar-refractivity contribution in [3.8, 4) is 17.2 Å². The summed E-state index contributed by atoms with van der Waals surface area (Å²) in [5, 5.41) is 2.90. The highest BCUT2D eigenvalue weighted by molar-refractivity contribution is 5.90. The van der Waals surface area contributed by atoms with E-state index in [4.69, 9.17) is 14.2 Å². The van der Waals surface area contributed by atoms with Gasteiger partial charge in [0.2, 0.25) is 5.91 Å². The molecule has 0 fully saturated rings. The Morgan fingerprint density at radius 2 is 1.38 bits per heavy atom. The fourth-order valence-corrected chi connectivity index (χ4v) is 4.13. The van der Waals surface area contributed by atoms with Crippen molar-refractivity contribution in [2.75, 3.05) is 13.7 Å². The van der Waals surface area contributed by atoms with E-state index in [1.807, 2.05) is 109 Å². The molecule has 39 heavy (non-hydrogen) atoms. The summed E-state index contributed by atoms with van der Waals surface area (Å²) in [5.41, 5.74) is 2.77. The minimum absolute atomic E-state index is 0.0866. The molecule has 0 saturated carbocycles. The zero-order chi connectivity index (χ0) is 27.3. The fourth-order valence-electron chi connectivity index (χ4n) is 4.13. The Kier molecular flexibility index (Phi) is 10.3. The molecule has 0 saturated heterocycles. The predicted octanol–water partition coefficient (Wildman–Crippen LogP) is 5.93. The lowest BCUT2D eigenvalue weighted by Crippen LogP contribution is -2.44. The van der Waals surface area contributed by atoms with Crippen LogP contribution in [0.5, 0.6) is 17.2 Å². The molecule has 0 aromatic heterocycles. The highest BCUT2D eigenvalue weighted by Gasteiger charge is 2.22. The normalized spacial score (nSPS) is 11.4. The third kappa shape index (κ3) is 8.83. The van der Waals surface area contributed by atoms with Crippen LogP contribution >= 0.6 is 0 Å². The SMILES string of the molecule is COc1ccccc1CCC(=O)NC(COCc1ccccc1)C(=O)Cc1ccc(Oc2ccccc2)cc1. The molecule has 0 aliphatic carbocycles. The van der Waals surface area contributed by atoms with Gasteiger partial charge in [-0.1, -0.05) is 78.9 Å². The molecule has 6 heteroatoms. The van der Waals surface area contributed by atoms with Gasteiger partial charge in [0.25, 0.3) is 0 Å². The van der Waals surface area contributed by atoms with Crippen LogP contribution in [0.25, 0.3) is 0 Å². The number of hydrogen-bond donors (Lipinski definition) is 1. The lowest BCUT2D eigenvalue weighted by molar-refractivity contribution is -0.129. The largest absolute Gasteiger partial charge is 0.496 e. The van der Waals surface area contributed by atoms with Crippen LogP contribution < -0.4 is 14.8 Å². The zero-order valence-corrected chi connectivity index (χ0v) is 22.0. The first-order valence-electron chi connectivity index (χ1n) is 13.0. The summed E-state index contributed by atoms with van der Waals surface area (Å²) in [7, 11) is 1.61. The molecule has 1 unspecified atom stereocenters. The molecule has 1 amide bonds. The maximum absolute atomic E-state index is 13.3. The van der Waals surface area contributed by atoms with E-state index in [2.05, 4.69) is 5.32 Å². The van der Waals surface area contributed by atoms with Crippen LogP contribution in [-0.2, 0) is 33.8 Å². The Balaban J connectivity index is 1.36. The number of benzene rings is 4. The van der Waals surface area contributed by atoms with Gasteiger partial charge in [0.1, 0.15) is 23.3 Å². The Morgan fingerprint density at radius 1 is 0.744 bits per heavy atom. The van der Waals surface area contributed by atoms with Crippen LogP contribution in [0.4, 0.5) is 0 Å². The van der Waals surface area contributed by atoms with Gasteiger partial charge in [-0.3, -0.25) is 9.59 Å². The first-order valence-corrected chi connectivity index (χ1v) is 13.0. The number of amides is 1. The topological polar surface area (TPSA) is 73.9 Å². The number of ketones is 1. The first-order chi connectivity index (χ1) is 19.1. The van der Waals surface area contributed by atoms with Crippen LogP contribution in [0.3, 0.4) is 0 Å². The average Bonchev–Trinajstić information content (AvgIpc) is 2.98. The van der Waals surface area contributed by atoms with Gasteiger partial charge in [0.05, 0.1) is 20.3 Å². The number of para-hydroxylation sites is 2. The Hall–Kier alpha value is -4.42. The number of nitrogens with one attached hydrogen (secondary N) is 1. The van der Waals surface area contributed by atoms with Crippen molar-refractivity contribution in [3.05, 3.63) is 126 Å². The van der Waals surface area contributed by atoms with E-state index in [-0.39, 0.29) is 31.1 Å². The van der Waals surface area contributed by atoms with Gasteiger partial charge >= 0.3 is 0 Å². The molecule has 1 N–H and O–H groups in total. The maximum atomic E-state index is 13.3. The highest BCUT2D eigenvalue weighted by atomic mass is 16.5. The minimum atomic E-state index is -0.765. The molecule has 4 rings (SSSR count). The second kappa shape index (κ2) is 14.5. The summed E-state index contributed by atoms with van der Waals surface area (Å²) in [6.45, 7) is 0.441. The number of hydrogen-bond acceptors (Lipinski definition) is 5. The van der Waals surface area contributed by atoms with Gasteiger partial charge in [0, 0.05) is 12.8 Å². The van der Waals surface area contributed by atoms with Crippen LogP contribution in [0.15, 0.2) is 109 Å².